The zero-order valence-corrected chi connectivity index (χ0v) is 10.7. The Kier molecular flexibility index (Phi) is 3.53. The van der Waals surface area contributed by atoms with Crippen LogP contribution in [0, 0.1) is 0 Å². The van der Waals surface area contributed by atoms with Gasteiger partial charge in [0.25, 0.3) is 5.91 Å². The zero-order valence-electron chi connectivity index (χ0n) is 9.88. The monoisotopic (exact) mass is 262 g/mol. The van der Waals surface area contributed by atoms with E-state index in [2.05, 4.69) is 5.32 Å². The van der Waals surface area contributed by atoms with Crippen molar-refractivity contribution in [3.63, 3.8) is 0 Å². The fraction of sp³-hybridized carbons (Fsp3) is 0.154. The van der Waals surface area contributed by atoms with E-state index < -0.39 is 0 Å². The standard InChI is InChI=1S/C13H14N2O2S/c1-8(9-4-5-18-7-9)15-13(17)11-6-10(16)2-3-12(11)14/h2-8,16H,14H2,1H3,(H,15,17). The third kappa shape index (κ3) is 2.62. The summed E-state index contributed by atoms with van der Waals surface area (Å²) in [6.07, 6.45) is 0. The highest BCUT2D eigenvalue weighted by atomic mass is 32.1. The van der Waals surface area contributed by atoms with Gasteiger partial charge in [0.15, 0.2) is 0 Å². The fourth-order valence-corrected chi connectivity index (χ4v) is 2.37. The van der Waals surface area contributed by atoms with E-state index in [1.807, 2.05) is 23.8 Å². The Morgan fingerprint density at radius 1 is 1.44 bits per heavy atom. The molecule has 1 aromatic carbocycles. The van der Waals surface area contributed by atoms with Crippen molar-refractivity contribution in [1.82, 2.24) is 5.32 Å². The van der Waals surface area contributed by atoms with Gasteiger partial charge in [-0.15, -0.1) is 0 Å². The number of nitrogens with two attached hydrogens (primary N) is 1. The summed E-state index contributed by atoms with van der Waals surface area (Å²) in [5.74, 6) is -0.264. The molecule has 0 bridgehead atoms. The summed E-state index contributed by atoms with van der Waals surface area (Å²) in [5, 5.41) is 16.2. The normalized spacial score (nSPS) is 12.1. The maximum atomic E-state index is 12.0. The SMILES string of the molecule is CC(NC(=O)c1cc(O)ccc1N)c1ccsc1. The lowest BCUT2D eigenvalue weighted by Gasteiger charge is -2.13. The third-order valence-corrected chi connectivity index (χ3v) is 3.37. The van der Waals surface area contributed by atoms with E-state index in [4.69, 9.17) is 5.73 Å². The molecule has 1 heterocycles. The maximum absolute atomic E-state index is 12.0. The molecule has 94 valence electrons. The van der Waals surface area contributed by atoms with E-state index in [1.165, 1.54) is 18.2 Å². The molecule has 0 spiro atoms. The van der Waals surface area contributed by atoms with Crippen LogP contribution in [-0.2, 0) is 0 Å². The van der Waals surface area contributed by atoms with Crippen LogP contribution in [0.2, 0.25) is 0 Å². The smallest absolute Gasteiger partial charge is 0.253 e. The number of nitrogens with one attached hydrogen (secondary N) is 1. The Morgan fingerprint density at radius 3 is 2.89 bits per heavy atom. The number of benzene rings is 1. The van der Waals surface area contributed by atoms with E-state index in [1.54, 1.807) is 11.3 Å². The van der Waals surface area contributed by atoms with Gasteiger partial charge in [0, 0.05) is 5.69 Å². The molecule has 1 amide bonds. The first-order valence-electron chi connectivity index (χ1n) is 5.49. The predicted molar refractivity (Wildman–Crippen MR) is 72.7 cm³/mol. The van der Waals surface area contributed by atoms with Gasteiger partial charge in [-0.05, 0) is 47.5 Å². The molecular weight excluding hydrogens is 248 g/mol. The zero-order chi connectivity index (χ0) is 13.1. The van der Waals surface area contributed by atoms with Crippen LogP contribution in [0.1, 0.15) is 28.9 Å². The number of carbonyl (C=O) groups is 1. The molecule has 1 aromatic heterocycles. The molecule has 0 aliphatic rings. The number of phenolic OH excluding ortho intramolecular Hbond substituents is 1. The summed E-state index contributed by atoms with van der Waals surface area (Å²) in [7, 11) is 0. The molecule has 0 saturated carbocycles. The molecule has 2 rings (SSSR count). The number of rotatable bonds is 3. The van der Waals surface area contributed by atoms with Gasteiger partial charge in [-0.25, -0.2) is 0 Å². The molecular formula is C13H14N2O2S. The summed E-state index contributed by atoms with van der Waals surface area (Å²) in [6.45, 7) is 1.90. The minimum absolute atomic E-state index is 0.0255. The van der Waals surface area contributed by atoms with Crippen molar-refractivity contribution in [1.29, 1.82) is 0 Å². The van der Waals surface area contributed by atoms with Gasteiger partial charge in [-0.3, -0.25) is 4.79 Å². The van der Waals surface area contributed by atoms with Gasteiger partial charge < -0.3 is 16.2 Å². The molecule has 2 aromatic rings. The Bertz CT molecular complexity index is 552. The summed E-state index contributed by atoms with van der Waals surface area (Å²) < 4.78 is 0. The fourth-order valence-electron chi connectivity index (χ4n) is 1.62. The Balaban J connectivity index is 2.15. The van der Waals surface area contributed by atoms with E-state index in [0.29, 0.717) is 5.69 Å². The molecule has 0 aliphatic carbocycles. The Morgan fingerprint density at radius 2 is 2.22 bits per heavy atom. The number of thiophene rings is 1. The van der Waals surface area contributed by atoms with Gasteiger partial charge >= 0.3 is 0 Å². The second-order valence-electron chi connectivity index (χ2n) is 4.02. The molecule has 1 atom stereocenters. The van der Waals surface area contributed by atoms with Crippen molar-refractivity contribution in [3.05, 3.63) is 46.2 Å². The first kappa shape index (κ1) is 12.4. The molecule has 4 N–H and O–H groups in total. The highest BCUT2D eigenvalue weighted by Crippen LogP contribution is 2.20. The highest BCUT2D eigenvalue weighted by molar-refractivity contribution is 7.07. The Hall–Kier alpha value is -2.01. The van der Waals surface area contributed by atoms with E-state index in [9.17, 15) is 9.90 Å². The van der Waals surface area contributed by atoms with Crippen molar-refractivity contribution in [2.75, 3.05) is 5.73 Å². The summed E-state index contributed by atoms with van der Waals surface area (Å²) in [6, 6.07) is 6.20. The number of hydrogen-bond acceptors (Lipinski definition) is 4. The van der Waals surface area contributed by atoms with Gasteiger partial charge in [0.1, 0.15) is 5.75 Å². The number of amides is 1. The number of aromatic hydroxyl groups is 1. The number of phenols is 1. The van der Waals surface area contributed by atoms with Crippen LogP contribution in [0.25, 0.3) is 0 Å². The average Bonchev–Trinajstić information content (AvgIpc) is 2.85. The number of anilines is 1. The van der Waals surface area contributed by atoms with Crippen molar-refractivity contribution >= 4 is 22.9 Å². The van der Waals surface area contributed by atoms with Crippen LogP contribution in [0.3, 0.4) is 0 Å². The van der Waals surface area contributed by atoms with E-state index in [0.717, 1.165) is 5.56 Å². The van der Waals surface area contributed by atoms with Crippen LogP contribution >= 0.6 is 11.3 Å². The molecule has 0 radical (unpaired) electrons. The first-order chi connectivity index (χ1) is 8.58. The maximum Gasteiger partial charge on any atom is 0.253 e. The lowest BCUT2D eigenvalue weighted by Crippen LogP contribution is -2.27. The lowest BCUT2D eigenvalue weighted by atomic mass is 10.1. The van der Waals surface area contributed by atoms with Gasteiger partial charge in [-0.2, -0.15) is 11.3 Å². The molecule has 0 aliphatic heterocycles. The summed E-state index contributed by atoms with van der Waals surface area (Å²) in [4.78, 5) is 12.0. The van der Waals surface area contributed by atoms with Crippen LogP contribution in [0.4, 0.5) is 5.69 Å². The van der Waals surface area contributed by atoms with Crippen LogP contribution in [0.5, 0.6) is 5.75 Å². The van der Waals surface area contributed by atoms with Gasteiger partial charge in [-0.1, -0.05) is 0 Å². The molecule has 4 nitrogen and oxygen atoms in total. The number of carbonyl (C=O) groups excluding carboxylic acids is 1. The number of nitrogen functional groups attached to an aromatic ring is 1. The molecule has 18 heavy (non-hydrogen) atoms. The topological polar surface area (TPSA) is 75.3 Å². The van der Waals surface area contributed by atoms with Gasteiger partial charge in [0.2, 0.25) is 0 Å². The average molecular weight is 262 g/mol. The molecule has 5 heteroatoms. The van der Waals surface area contributed by atoms with Crippen LogP contribution in [-0.4, -0.2) is 11.0 Å². The second-order valence-corrected chi connectivity index (χ2v) is 4.80. The molecule has 0 saturated heterocycles. The second kappa shape index (κ2) is 5.10. The quantitative estimate of drug-likeness (QED) is 0.587. The van der Waals surface area contributed by atoms with Crippen molar-refractivity contribution < 1.29 is 9.90 Å². The van der Waals surface area contributed by atoms with Crippen molar-refractivity contribution in [3.8, 4) is 5.75 Å². The Labute approximate surface area is 109 Å². The first-order valence-corrected chi connectivity index (χ1v) is 6.43. The minimum Gasteiger partial charge on any atom is -0.508 e. The van der Waals surface area contributed by atoms with Gasteiger partial charge in [0.05, 0.1) is 11.6 Å². The highest BCUT2D eigenvalue weighted by Gasteiger charge is 2.14. The molecule has 1 unspecified atom stereocenters. The minimum atomic E-state index is -0.290. The number of hydrogen-bond donors (Lipinski definition) is 3. The molecule has 0 fully saturated rings. The van der Waals surface area contributed by atoms with Crippen LogP contribution < -0.4 is 11.1 Å². The predicted octanol–water partition coefficient (Wildman–Crippen LogP) is 2.53. The van der Waals surface area contributed by atoms with E-state index >= 15 is 0 Å². The van der Waals surface area contributed by atoms with E-state index in [-0.39, 0.29) is 23.3 Å². The van der Waals surface area contributed by atoms with Crippen molar-refractivity contribution in [2.24, 2.45) is 0 Å². The lowest BCUT2D eigenvalue weighted by molar-refractivity contribution is 0.0940. The summed E-state index contributed by atoms with van der Waals surface area (Å²) >= 11 is 1.58. The van der Waals surface area contributed by atoms with Crippen molar-refractivity contribution in [2.45, 2.75) is 13.0 Å². The summed E-state index contributed by atoms with van der Waals surface area (Å²) in [5.41, 5.74) is 7.40. The largest absolute Gasteiger partial charge is 0.508 e. The third-order valence-electron chi connectivity index (χ3n) is 2.67. The van der Waals surface area contributed by atoms with Crippen LogP contribution in [0.15, 0.2) is 35.0 Å².